The SMILES string of the molecule is CC(C)(C)NC(=O)CNC1CCCCCC1. The summed E-state index contributed by atoms with van der Waals surface area (Å²) in [5.74, 6) is 0.108. The Hall–Kier alpha value is -0.570. The number of rotatable bonds is 3. The fourth-order valence-corrected chi connectivity index (χ4v) is 2.18. The Morgan fingerprint density at radius 2 is 1.69 bits per heavy atom. The molecule has 0 saturated heterocycles. The second-order valence-electron chi connectivity index (χ2n) is 5.87. The van der Waals surface area contributed by atoms with E-state index in [9.17, 15) is 4.79 Å². The molecule has 16 heavy (non-hydrogen) atoms. The van der Waals surface area contributed by atoms with Crippen molar-refractivity contribution in [2.75, 3.05) is 6.54 Å². The van der Waals surface area contributed by atoms with Gasteiger partial charge in [-0.1, -0.05) is 25.7 Å². The molecule has 1 rings (SSSR count). The maximum Gasteiger partial charge on any atom is 0.234 e. The maximum atomic E-state index is 11.6. The number of hydrogen-bond donors (Lipinski definition) is 2. The first kappa shape index (κ1) is 13.5. The van der Waals surface area contributed by atoms with Crippen LogP contribution in [-0.4, -0.2) is 24.0 Å². The maximum absolute atomic E-state index is 11.6. The highest BCUT2D eigenvalue weighted by Crippen LogP contribution is 2.16. The van der Waals surface area contributed by atoms with E-state index >= 15 is 0 Å². The lowest BCUT2D eigenvalue weighted by Gasteiger charge is -2.22. The predicted molar refractivity (Wildman–Crippen MR) is 67.4 cm³/mol. The molecule has 0 bridgehead atoms. The Balaban J connectivity index is 2.20. The second kappa shape index (κ2) is 6.24. The molecule has 1 fully saturated rings. The molecule has 0 aromatic rings. The Morgan fingerprint density at radius 1 is 1.12 bits per heavy atom. The van der Waals surface area contributed by atoms with Gasteiger partial charge in [-0.2, -0.15) is 0 Å². The smallest absolute Gasteiger partial charge is 0.234 e. The Labute approximate surface area is 99.4 Å². The number of amides is 1. The molecule has 94 valence electrons. The Morgan fingerprint density at radius 3 is 2.19 bits per heavy atom. The van der Waals surface area contributed by atoms with Crippen LogP contribution in [0.2, 0.25) is 0 Å². The van der Waals surface area contributed by atoms with E-state index < -0.39 is 0 Å². The van der Waals surface area contributed by atoms with Crippen LogP contribution < -0.4 is 10.6 Å². The molecule has 1 aliphatic carbocycles. The molecule has 2 N–H and O–H groups in total. The van der Waals surface area contributed by atoms with Gasteiger partial charge in [-0.3, -0.25) is 4.79 Å². The minimum atomic E-state index is -0.123. The fourth-order valence-electron chi connectivity index (χ4n) is 2.18. The molecule has 3 nitrogen and oxygen atoms in total. The summed E-state index contributed by atoms with van der Waals surface area (Å²) in [6.45, 7) is 6.49. The van der Waals surface area contributed by atoms with Crippen LogP contribution in [0.15, 0.2) is 0 Å². The molecule has 0 unspecified atom stereocenters. The van der Waals surface area contributed by atoms with E-state index in [-0.39, 0.29) is 11.4 Å². The van der Waals surface area contributed by atoms with Crippen molar-refractivity contribution in [2.45, 2.75) is 70.9 Å². The van der Waals surface area contributed by atoms with Crippen LogP contribution in [0, 0.1) is 0 Å². The first-order valence-corrected chi connectivity index (χ1v) is 6.52. The van der Waals surface area contributed by atoms with Crippen molar-refractivity contribution >= 4 is 5.91 Å². The molecule has 3 heteroatoms. The monoisotopic (exact) mass is 226 g/mol. The third kappa shape index (κ3) is 6.11. The molecule has 0 aromatic carbocycles. The van der Waals surface area contributed by atoms with Gasteiger partial charge in [0, 0.05) is 11.6 Å². The van der Waals surface area contributed by atoms with Crippen molar-refractivity contribution in [1.82, 2.24) is 10.6 Å². The van der Waals surface area contributed by atoms with Gasteiger partial charge in [-0.15, -0.1) is 0 Å². The summed E-state index contributed by atoms with van der Waals surface area (Å²) in [6, 6.07) is 0.549. The number of carbonyl (C=O) groups excluding carboxylic acids is 1. The zero-order valence-electron chi connectivity index (χ0n) is 10.9. The molecular weight excluding hydrogens is 200 g/mol. The van der Waals surface area contributed by atoms with Crippen LogP contribution in [0.25, 0.3) is 0 Å². The summed E-state index contributed by atoms with van der Waals surface area (Å²) >= 11 is 0. The van der Waals surface area contributed by atoms with Crippen LogP contribution in [0.3, 0.4) is 0 Å². The van der Waals surface area contributed by atoms with Crippen molar-refractivity contribution in [3.8, 4) is 0 Å². The Kier molecular flexibility index (Phi) is 5.26. The lowest BCUT2D eigenvalue weighted by Crippen LogP contribution is -2.46. The van der Waals surface area contributed by atoms with E-state index in [1.54, 1.807) is 0 Å². The van der Waals surface area contributed by atoms with E-state index in [0.29, 0.717) is 12.6 Å². The predicted octanol–water partition coefficient (Wildman–Crippen LogP) is 2.21. The van der Waals surface area contributed by atoms with E-state index in [2.05, 4.69) is 10.6 Å². The van der Waals surface area contributed by atoms with Gasteiger partial charge in [0.2, 0.25) is 5.91 Å². The second-order valence-corrected chi connectivity index (χ2v) is 5.87. The van der Waals surface area contributed by atoms with E-state index in [4.69, 9.17) is 0 Å². The molecule has 0 aliphatic heterocycles. The molecule has 0 spiro atoms. The van der Waals surface area contributed by atoms with Crippen molar-refractivity contribution in [3.63, 3.8) is 0 Å². The van der Waals surface area contributed by atoms with Crippen LogP contribution >= 0.6 is 0 Å². The molecular formula is C13H26N2O. The third-order valence-electron chi connectivity index (χ3n) is 2.92. The first-order valence-electron chi connectivity index (χ1n) is 6.52. The minimum absolute atomic E-state index is 0.108. The molecule has 0 atom stereocenters. The van der Waals surface area contributed by atoms with Crippen molar-refractivity contribution in [1.29, 1.82) is 0 Å². The van der Waals surface area contributed by atoms with Crippen LogP contribution in [-0.2, 0) is 4.79 Å². The summed E-state index contributed by atoms with van der Waals surface area (Å²) in [7, 11) is 0. The fraction of sp³-hybridized carbons (Fsp3) is 0.923. The van der Waals surface area contributed by atoms with Gasteiger partial charge in [0.25, 0.3) is 0 Å². The van der Waals surface area contributed by atoms with Gasteiger partial charge >= 0.3 is 0 Å². The van der Waals surface area contributed by atoms with Gasteiger partial charge < -0.3 is 10.6 Å². The van der Waals surface area contributed by atoms with Crippen LogP contribution in [0.4, 0.5) is 0 Å². The largest absolute Gasteiger partial charge is 0.350 e. The molecule has 0 aromatic heterocycles. The van der Waals surface area contributed by atoms with Gasteiger partial charge in [-0.05, 0) is 33.6 Å². The minimum Gasteiger partial charge on any atom is -0.350 e. The first-order chi connectivity index (χ1) is 7.47. The number of hydrogen-bond acceptors (Lipinski definition) is 2. The summed E-state index contributed by atoms with van der Waals surface area (Å²) < 4.78 is 0. The quantitative estimate of drug-likeness (QED) is 0.724. The zero-order chi connectivity index (χ0) is 12.0. The molecule has 1 aliphatic rings. The van der Waals surface area contributed by atoms with Gasteiger partial charge in [0.05, 0.1) is 6.54 Å². The lowest BCUT2D eigenvalue weighted by atomic mass is 10.1. The van der Waals surface area contributed by atoms with Crippen molar-refractivity contribution < 1.29 is 4.79 Å². The highest BCUT2D eigenvalue weighted by Gasteiger charge is 2.16. The van der Waals surface area contributed by atoms with Crippen molar-refractivity contribution in [2.24, 2.45) is 0 Å². The van der Waals surface area contributed by atoms with E-state index in [0.717, 1.165) is 0 Å². The molecule has 1 amide bonds. The van der Waals surface area contributed by atoms with Crippen LogP contribution in [0.1, 0.15) is 59.3 Å². The lowest BCUT2D eigenvalue weighted by molar-refractivity contribution is -0.121. The summed E-state index contributed by atoms with van der Waals surface area (Å²) in [4.78, 5) is 11.6. The van der Waals surface area contributed by atoms with Crippen LogP contribution in [0.5, 0.6) is 0 Å². The molecule has 0 heterocycles. The average molecular weight is 226 g/mol. The summed E-state index contributed by atoms with van der Waals surface area (Å²) in [5.41, 5.74) is -0.123. The van der Waals surface area contributed by atoms with E-state index in [1.807, 2.05) is 20.8 Å². The van der Waals surface area contributed by atoms with Gasteiger partial charge in [0.15, 0.2) is 0 Å². The number of nitrogens with one attached hydrogen (secondary N) is 2. The van der Waals surface area contributed by atoms with E-state index in [1.165, 1.54) is 38.5 Å². The third-order valence-corrected chi connectivity index (χ3v) is 2.92. The molecule has 0 radical (unpaired) electrons. The topological polar surface area (TPSA) is 41.1 Å². The number of carbonyl (C=O) groups is 1. The summed E-state index contributed by atoms with van der Waals surface area (Å²) in [5, 5.41) is 6.34. The molecule has 1 saturated carbocycles. The normalized spacial score (nSPS) is 19.2. The highest BCUT2D eigenvalue weighted by atomic mass is 16.2. The van der Waals surface area contributed by atoms with Crippen molar-refractivity contribution in [3.05, 3.63) is 0 Å². The average Bonchev–Trinajstić information content (AvgIpc) is 2.39. The zero-order valence-corrected chi connectivity index (χ0v) is 10.9. The highest BCUT2D eigenvalue weighted by molar-refractivity contribution is 5.78. The van der Waals surface area contributed by atoms with Gasteiger partial charge in [0.1, 0.15) is 0 Å². The summed E-state index contributed by atoms with van der Waals surface area (Å²) in [6.07, 6.45) is 7.77. The standard InChI is InChI=1S/C13H26N2O/c1-13(2,3)15-12(16)10-14-11-8-6-4-5-7-9-11/h11,14H,4-10H2,1-3H3,(H,15,16). The Bertz CT molecular complexity index is 212. The van der Waals surface area contributed by atoms with Gasteiger partial charge in [-0.25, -0.2) is 0 Å².